The molecule has 498 valence electrons. The smallest absolute Gasteiger partial charge is 0.354 e. The quantitative estimate of drug-likeness (QED) is 0.0317. The standard InChI is InChI=1S/C16H14N2O3.C15H12N2O3.2C15H14N2OS.C15H11NO3S/c1-18-13(7-8-14(18)16(20)21-2)15(19)11-9-17-12-6-4-3-5-10(11)12;1-20-15(19)13-7-6-12(17-13)14(18)10-8-16-11-5-3-2-4-9(10)11;1-9(2)15-17-13(8-19-15)14(18)11-7-16-12-6-4-3-5-10(11)12;1-9(2)15-17-8-13(19-15)14(18)11-7-16-12-6-4-3-5-10(11)12;1-19-15(18)9-6-13(20-8-9)14(17)11-7-16-12-5-3-2-4-10(11)12/h3-9,17H,1-2H3;2-8,16-17H,1H3;2*3-9,16H,1-2H3;2-8,16H,1H3. The molecule has 0 aliphatic heterocycles. The minimum absolute atomic E-state index is 0.0133. The van der Waals surface area contributed by atoms with E-state index in [1.165, 1.54) is 50.1 Å². The number of ether oxygens (including phenoxy) is 3. The van der Waals surface area contributed by atoms with Crippen LogP contribution in [0.1, 0.15) is 160 Å². The van der Waals surface area contributed by atoms with E-state index in [2.05, 4.69) is 77.0 Å². The lowest BCUT2D eigenvalue weighted by atomic mass is 10.1. The van der Waals surface area contributed by atoms with Gasteiger partial charge in [0.05, 0.1) is 58.1 Å². The molecule has 0 aliphatic carbocycles. The molecule has 0 aliphatic rings. The summed E-state index contributed by atoms with van der Waals surface area (Å²) in [6.45, 7) is 8.33. The molecular formula is C76H65N9O11S3. The summed E-state index contributed by atoms with van der Waals surface area (Å²) >= 11 is 4.27. The predicted octanol–water partition coefficient (Wildman–Crippen LogP) is 16.2. The Kier molecular flexibility index (Phi) is 21.0. The zero-order chi connectivity index (χ0) is 70.0. The highest BCUT2D eigenvalue weighted by atomic mass is 32.1. The van der Waals surface area contributed by atoms with Crippen molar-refractivity contribution in [1.29, 1.82) is 0 Å². The van der Waals surface area contributed by atoms with Crippen LogP contribution in [-0.2, 0) is 21.3 Å². The van der Waals surface area contributed by atoms with Crippen molar-refractivity contribution in [2.75, 3.05) is 21.3 Å². The van der Waals surface area contributed by atoms with Gasteiger partial charge in [-0.25, -0.2) is 24.4 Å². The number of hydrogen-bond acceptors (Lipinski definition) is 16. The fraction of sp³-hybridized carbons (Fsp3) is 0.132. The van der Waals surface area contributed by atoms with Crippen molar-refractivity contribution in [2.24, 2.45) is 7.05 Å². The monoisotopic (exact) mass is 1380 g/mol. The summed E-state index contributed by atoms with van der Waals surface area (Å²) in [5.74, 6) is -1.05. The van der Waals surface area contributed by atoms with E-state index >= 15 is 0 Å². The number of ketones is 5. The van der Waals surface area contributed by atoms with E-state index in [9.17, 15) is 38.4 Å². The fourth-order valence-electron chi connectivity index (χ4n) is 10.8. The summed E-state index contributed by atoms with van der Waals surface area (Å²) in [6.07, 6.45) is 10.3. The zero-order valence-corrected chi connectivity index (χ0v) is 57.2. The second kappa shape index (κ2) is 30.4. The van der Waals surface area contributed by atoms with Crippen LogP contribution in [0.5, 0.6) is 0 Å². The van der Waals surface area contributed by atoms with Crippen molar-refractivity contribution < 1.29 is 52.6 Å². The molecule has 0 atom stereocenters. The number of aromatic amines is 6. The van der Waals surface area contributed by atoms with E-state index in [0.717, 1.165) is 70.1 Å². The summed E-state index contributed by atoms with van der Waals surface area (Å²) in [4.78, 5) is 125. The molecular weight excluding hydrogens is 1310 g/mol. The van der Waals surface area contributed by atoms with Gasteiger partial charge in [0.25, 0.3) is 0 Å². The number of para-hydroxylation sites is 5. The molecule has 0 bridgehead atoms. The first-order valence-corrected chi connectivity index (χ1v) is 33.6. The second-order valence-electron chi connectivity index (χ2n) is 23.0. The third-order valence-electron chi connectivity index (χ3n) is 16.0. The Morgan fingerprint density at radius 1 is 0.414 bits per heavy atom. The lowest BCUT2D eigenvalue weighted by Gasteiger charge is -2.05. The Balaban J connectivity index is 0.000000125. The lowest BCUT2D eigenvalue weighted by Crippen LogP contribution is -2.12. The molecule has 15 aromatic rings. The largest absolute Gasteiger partial charge is 0.465 e. The molecule has 20 nitrogen and oxygen atoms in total. The van der Waals surface area contributed by atoms with Crippen LogP contribution in [0.15, 0.2) is 200 Å². The van der Waals surface area contributed by atoms with E-state index in [-0.39, 0.29) is 34.6 Å². The van der Waals surface area contributed by atoms with Crippen molar-refractivity contribution >= 4 is 135 Å². The van der Waals surface area contributed by atoms with Crippen molar-refractivity contribution in [1.82, 2.24) is 44.4 Å². The number of nitrogens with one attached hydrogen (secondary N) is 6. The number of methoxy groups -OCH3 is 3. The summed E-state index contributed by atoms with van der Waals surface area (Å²) in [5, 5.41) is 10.00. The van der Waals surface area contributed by atoms with Gasteiger partial charge in [-0.15, -0.1) is 34.0 Å². The SMILES string of the molecule is CC(C)c1nc(C(=O)c2c[nH]c3ccccc23)cs1.CC(C)c1ncc(C(=O)c2c[nH]c3ccccc23)s1.COC(=O)c1ccc(C(=O)c2c[nH]c3ccccc23)[nH]1.COC(=O)c1ccc(C(=O)c2c[nH]c3ccccc23)n1C.COC(=O)c1csc(C(=O)c2c[nH]c3ccccc23)c1. The number of thiophene rings is 1. The molecule has 0 radical (unpaired) electrons. The first kappa shape index (κ1) is 68.5. The maximum atomic E-state index is 12.7. The minimum atomic E-state index is -0.497. The summed E-state index contributed by atoms with van der Waals surface area (Å²) in [7, 11) is 5.61. The Labute approximate surface area is 578 Å². The molecule has 0 fully saturated rings. The number of fused-ring (bicyclic) bond motifs is 5. The lowest BCUT2D eigenvalue weighted by molar-refractivity contribution is 0.0582. The first-order chi connectivity index (χ1) is 47.9. The van der Waals surface area contributed by atoms with Gasteiger partial charge in [-0.1, -0.05) is 119 Å². The van der Waals surface area contributed by atoms with Crippen LogP contribution in [0, 0.1) is 0 Å². The molecule has 0 unspecified atom stereocenters. The Hall–Kier alpha value is -11.9. The van der Waals surface area contributed by atoms with E-state index in [0.29, 0.717) is 72.2 Å². The van der Waals surface area contributed by atoms with Crippen molar-refractivity contribution in [3.05, 3.63) is 281 Å². The van der Waals surface area contributed by atoms with Crippen LogP contribution in [0.25, 0.3) is 54.5 Å². The van der Waals surface area contributed by atoms with Gasteiger partial charge >= 0.3 is 17.9 Å². The van der Waals surface area contributed by atoms with Crippen molar-refractivity contribution in [2.45, 2.75) is 39.5 Å². The molecule has 6 N–H and O–H groups in total. The number of carbonyl (C=O) groups excluding carboxylic acids is 8. The normalized spacial score (nSPS) is 10.9. The van der Waals surface area contributed by atoms with Gasteiger partial charge in [0.1, 0.15) is 17.1 Å². The molecule has 99 heavy (non-hydrogen) atoms. The number of nitrogens with zero attached hydrogens (tertiary/aromatic N) is 3. The number of rotatable bonds is 15. The van der Waals surface area contributed by atoms with Crippen molar-refractivity contribution in [3.8, 4) is 0 Å². The highest BCUT2D eigenvalue weighted by Crippen LogP contribution is 2.30. The minimum Gasteiger partial charge on any atom is -0.465 e. The Morgan fingerprint density at radius 3 is 1.25 bits per heavy atom. The number of benzene rings is 5. The van der Waals surface area contributed by atoms with Gasteiger partial charge in [0.2, 0.25) is 28.9 Å². The fourth-order valence-corrected chi connectivity index (χ4v) is 13.3. The zero-order valence-electron chi connectivity index (χ0n) is 54.8. The van der Waals surface area contributed by atoms with Crippen LogP contribution >= 0.6 is 34.0 Å². The average molecular weight is 1380 g/mol. The third kappa shape index (κ3) is 14.8. The number of aromatic nitrogens is 9. The number of H-pyrrole nitrogens is 6. The molecule has 0 amide bonds. The second-order valence-corrected chi connectivity index (χ2v) is 25.8. The molecule has 10 aromatic heterocycles. The highest BCUT2D eigenvalue weighted by Gasteiger charge is 2.24. The Bertz CT molecular complexity index is 5220. The van der Waals surface area contributed by atoms with E-state index in [1.54, 1.807) is 89.8 Å². The molecule has 0 spiro atoms. The van der Waals surface area contributed by atoms with E-state index in [1.807, 2.05) is 127 Å². The van der Waals surface area contributed by atoms with Gasteiger partial charge in [-0.3, -0.25) is 24.0 Å². The molecule has 15 rings (SSSR count). The molecule has 23 heteroatoms. The molecule has 10 heterocycles. The molecule has 0 saturated carbocycles. The van der Waals surface area contributed by atoms with Gasteiger partial charge < -0.3 is 48.7 Å². The maximum absolute atomic E-state index is 12.7. The van der Waals surface area contributed by atoms with Gasteiger partial charge in [0.15, 0.2) is 0 Å². The Morgan fingerprint density at radius 2 is 0.818 bits per heavy atom. The number of esters is 3. The summed E-state index contributed by atoms with van der Waals surface area (Å²) in [6, 6.07) is 46.3. The maximum Gasteiger partial charge on any atom is 0.354 e. The third-order valence-corrected chi connectivity index (χ3v) is 19.4. The molecule has 5 aromatic carbocycles. The molecule has 0 saturated heterocycles. The van der Waals surface area contributed by atoms with Crippen LogP contribution in [0.4, 0.5) is 0 Å². The first-order valence-electron chi connectivity index (χ1n) is 31.0. The van der Waals surface area contributed by atoms with Crippen LogP contribution in [0.3, 0.4) is 0 Å². The van der Waals surface area contributed by atoms with E-state index in [4.69, 9.17) is 4.74 Å². The number of thiazole rings is 2. The van der Waals surface area contributed by atoms with Gasteiger partial charge in [0, 0.05) is 149 Å². The van der Waals surface area contributed by atoms with Crippen LogP contribution < -0.4 is 0 Å². The van der Waals surface area contributed by atoms with E-state index < -0.39 is 17.9 Å². The van der Waals surface area contributed by atoms with Crippen molar-refractivity contribution in [3.63, 3.8) is 0 Å². The summed E-state index contributed by atoms with van der Waals surface area (Å²) in [5.41, 5.74) is 10.2. The predicted molar refractivity (Wildman–Crippen MR) is 386 cm³/mol. The topological polar surface area (TPSA) is 290 Å². The number of hydrogen-bond donors (Lipinski definition) is 6. The highest BCUT2D eigenvalue weighted by molar-refractivity contribution is 7.14. The van der Waals surface area contributed by atoms with Gasteiger partial charge in [-0.2, -0.15) is 0 Å². The van der Waals surface area contributed by atoms with Crippen LogP contribution in [0.2, 0.25) is 0 Å². The number of carbonyl (C=O) groups is 8. The van der Waals surface area contributed by atoms with Gasteiger partial charge in [-0.05, 0) is 60.7 Å². The average Bonchev–Trinajstić information content (AvgIpc) is 1.75. The summed E-state index contributed by atoms with van der Waals surface area (Å²) < 4.78 is 15.5. The van der Waals surface area contributed by atoms with Crippen LogP contribution in [-0.4, -0.2) is 113 Å².